The van der Waals surface area contributed by atoms with E-state index in [1.807, 2.05) is 65.0 Å². The Morgan fingerprint density at radius 3 is 2.22 bits per heavy atom. The number of benzene rings is 1. The van der Waals surface area contributed by atoms with Gasteiger partial charge in [0, 0.05) is 24.6 Å². The summed E-state index contributed by atoms with van der Waals surface area (Å²) >= 11 is 0. The van der Waals surface area contributed by atoms with Gasteiger partial charge < -0.3 is 35.5 Å². The monoisotopic (exact) mass is 644 g/mol. The Morgan fingerprint density at radius 1 is 0.978 bits per heavy atom. The molecule has 12 nitrogen and oxygen atoms in total. The van der Waals surface area contributed by atoms with Crippen LogP contribution in [0.2, 0.25) is 0 Å². The summed E-state index contributed by atoms with van der Waals surface area (Å²) in [6, 6.07) is 6.27. The second-order valence-corrected chi connectivity index (χ2v) is 13.3. The van der Waals surface area contributed by atoms with E-state index in [1.165, 1.54) is 12.2 Å². The summed E-state index contributed by atoms with van der Waals surface area (Å²) in [5.74, 6) is -2.15. The first-order chi connectivity index (χ1) is 21.5. The van der Waals surface area contributed by atoms with E-state index in [0.717, 1.165) is 5.56 Å². The van der Waals surface area contributed by atoms with E-state index >= 15 is 0 Å². The van der Waals surface area contributed by atoms with Crippen LogP contribution < -0.4 is 21.3 Å². The first-order valence-electron chi connectivity index (χ1n) is 16.0. The van der Waals surface area contributed by atoms with Crippen molar-refractivity contribution in [2.24, 2.45) is 11.8 Å². The maximum absolute atomic E-state index is 13.7. The standard InChI is InChI=1S/C34H52N4O8/c1-21(2)18-27(31(41)36-26(14-15-28(39)45-22(3)4)19-25-16-17-35-30(25)40)37-32(42)29(23(5)46-34(6,7)8)38-33(43)44-20-24-12-10-9-11-13-24/h9-15,21-23,25-27,29H,16-20H2,1-8H3,(H,35,40)(H,36,41)(H,37,42)(H,38,43)/b15-14+/t23?,25-,26+,27-,29-/m0/s1. The van der Waals surface area contributed by atoms with Crippen LogP contribution in [0.5, 0.6) is 0 Å². The molecule has 0 radical (unpaired) electrons. The average molecular weight is 645 g/mol. The highest BCUT2D eigenvalue weighted by Crippen LogP contribution is 2.18. The van der Waals surface area contributed by atoms with Gasteiger partial charge in [-0.2, -0.15) is 0 Å². The smallest absolute Gasteiger partial charge is 0.408 e. The van der Waals surface area contributed by atoms with Crippen LogP contribution in [0, 0.1) is 11.8 Å². The molecule has 0 bridgehead atoms. The zero-order valence-electron chi connectivity index (χ0n) is 28.4. The quantitative estimate of drug-likeness (QED) is 0.157. The summed E-state index contributed by atoms with van der Waals surface area (Å²) in [5, 5.41) is 11.1. The summed E-state index contributed by atoms with van der Waals surface area (Å²) in [7, 11) is 0. The van der Waals surface area contributed by atoms with Crippen LogP contribution in [0.25, 0.3) is 0 Å². The van der Waals surface area contributed by atoms with Gasteiger partial charge in [0.1, 0.15) is 18.7 Å². The van der Waals surface area contributed by atoms with Gasteiger partial charge >= 0.3 is 12.1 Å². The Balaban J connectivity index is 2.23. The van der Waals surface area contributed by atoms with Crippen LogP contribution >= 0.6 is 0 Å². The molecule has 1 heterocycles. The maximum atomic E-state index is 13.7. The molecule has 1 fully saturated rings. The molecular weight excluding hydrogens is 592 g/mol. The van der Waals surface area contributed by atoms with E-state index in [4.69, 9.17) is 14.2 Å². The van der Waals surface area contributed by atoms with Gasteiger partial charge in [0.05, 0.1) is 17.8 Å². The van der Waals surface area contributed by atoms with Crippen LogP contribution in [0.4, 0.5) is 4.79 Å². The summed E-state index contributed by atoms with van der Waals surface area (Å²) in [4.78, 5) is 64.7. The van der Waals surface area contributed by atoms with Gasteiger partial charge in [-0.25, -0.2) is 9.59 Å². The summed E-state index contributed by atoms with van der Waals surface area (Å²) < 4.78 is 16.5. The largest absolute Gasteiger partial charge is 0.460 e. The highest BCUT2D eigenvalue weighted by Gasteiger charge is 2.35. The minimum Gasteiger partial charge on any atom is -0.460 e. The average Bonchev–Trinajstić information content (AvgIpc) is 3.35. The third kappa shape index (κ3) is 14.4. The first kappa shape index (κ1) is 38.3. The molecule has 4 N–H and O–H groups in total. The lowest BCUT2D eigenvalue weighted by atomic mass is 9.96. The molecule has 0 saturated carbocycles. The van der Waals surface area contributed by atoms with Crippen molar-refractivity contribution in [1.82, 2.24) is 21.3 Å². The van der Waals surface area contributed by atoms with Crippen LogP contribution in [-0.2, 0) is 40.0 Å². The number of amides is 4. The van der Waals surface area contributed by atoms with Crippen molar-refractivity contribution in [1.29, 1.82) is 0 Å². The van der Waals surface area contributed by atoms with E-state index in [1.54, 1.807) is 20.8 Å². The molecule has 1 aliphatic rings. The second kappa shape index (κ2) is 18.3. The summed E-state index contributed by atoms with van der Waals surface area (Å²) in [6.45, 7) is 15.0. The molecule has 46 heavy (non-hydrogen) atoms. The second-order valence-electron chi connectivity index (χ2n) is 13.3. The Labute approximate surface area is 272 Å². The molecular formula is C34H52N4O8. The zero-order chi connectivity index (χ0) is 34.4. The molecule has 1 aromatic rings. The van der Waals surface area contributed by atoms with Crippen molar-refractivity contribution in [2.45, 2.75) is 117 Å². The highest BCUT2D eigenvalue weighted by molar-refractivity contribution is 5.92. The fraction of sp³-hybridized carbons (Fsp3) is 0.618. The van der Waals surface area contributed by atoms with E-state index < -0.39 is 53.7 Å². The van der Waals surface area contributed by atoms with Gasteiger partial charge in [-0.05, 0) is 72.3 Å². The number of ether oxygens (including phenoxy) is 3. The molecule has 256 valence electrons. The van der Waals surface area contributed by atoms with Crippen molar-refractivity contribution in [2.75, 3.05) is 6.54 Å². The van der Waals surface area contributed by atoms with Gasteiger partial charge in [-0.15, -0.1) is 0 Å². The third-order valence-corrected chi connectivity index (χ3v) is 6.96. The van der Waals surface area contributed by atoms with E-state index in [2.05, 4.69) is 21.3 Å². The normalized spacial score (nSPS) is 17.6. The van der Waals surface area contributed by atoms with Gasteiger partial charge in [0.2, 0.25) is 17.7 Å². The van der Waals surface area contributed by atoms with Gasteiger partial charge in [-0.3, -0.25) is 14.4 Å². The zero-order valence-corrected chi connectivity index (χ0v) is 28.4. The van der Waals surface area contributed by atoms with Crippen molar-refractivity contribution in [3.8, 4) is 0 Å². The van der Waals surface area contributed by atoms with E-state index in [9.17, 15) is 24.0 Å². The summed E-state index contributed by atoms with van der Waals surface area (Å²) in [5.41, 5.74) is 0.146. The number of esters is 1. The topological polar surface area (TPSA) is 161 Å². The van der Waals surface area contributed by atoms with Gasteiger partial charge in [-0.1, -0.05) is 50.3 Å². The molecule has 5 atom stereocenters. The fourth-order valence-corrected chi connectivity index (χ4v) is 4.99. The number of alkyl carbamates (subject to hydrolysis) is 1. The molecule has 4 amide bonds. The molecule has 1 saturated heterocycles. The van der Waals surface area contributed by atoms with Crippen molar-refractivity contribution in [3.05, 3.63) is 48.0 Å². The predicted molar refractivity (Wildman–Crippen MR) is 173 cm³/mol. The molecule has 1 aliphatic heterocycles. The lowest BCUT2D eigenvalue weighted by molar-refractivity contribution is -0.141. The summed E-state index contributed by atoms with van der Waals surface area (Å²) in [6.07, 6.45) is 1.98. The van der Waals surface area contributed by atoms with Crippen LogP contribution in [-0.4, -0.2) is 72.3 Å². The third-order valence-electron chi connectivity index (χ3n) is 6.96. The molecule has 0 spiro atoms. The molecule has 1 aromatic carbocycles. The lowest BCUT2D eigenvalue weighted by Crippen LogP contribution is -2.59. The van der Waals surface area contributed by atoms with Crippen LogP contribution in [0.15, 0.2) is 42.5 Å². The Kier molecular flexibility index (Phi) is 15.2. The predicted octanol–water partition coefficient (Wildman–Crippen LogP) is 3.53. The molecule has 0 aliphatic carbocycles. The maximum Gasteiger partial charge on any atom is 0.408 e. The minimum atomic E-state index is -1.19. The van der Waals surface area contributed by atoms with Crippen molar-refractivity contribution < 1.29 is 38.2 Å². The number of rotatable bonds is 16. The van der Waals surface area contributed by atoms with Gasteiger partial charge in [0.15, 0.2) is 0 Å². The van der Waals surface area contributed by atoms with E-state index in [-0.39, 0.29) is 43.3 Å². The fourth-order valence-electron chi connectivity index (χ4n) is 4.99. The van der Waals surface area contributed by atoms with Crippen molar-refractivity contribution in [3.63, 3.8) is 0 Å². The van der Waals surface area contributed by atoms with E-state index in [0.29, 0.717) is 13.0 Å². The SMILES string of the molecule is CC(C)C[C@H](NC(=O)[C@@H](NC(=O)OCc1ccccc1)C(C)OC(C)(C)C)C(=O)N[C@H](/C=C/C(=O)OC(C)C)C[C@@H]1CCNC1=O. The first-order valence-corrected chi connectivity index (χ1v) is 16.0. The van der Waals surface area contributed by atoms with Crippen LogP contribution in [0.3, 0.4) is 0 Å². The minimum absolute atomic E-state index is 0.00648. The number of carbonyl (C=O) groups is 5. The van der Waals surface area contributed by atoms with Crippen molar-refractivity contribution >= 4 is 29.8 Å². The molecule has 2 rings (SSSR count). The Morgan fingerprint density at radius 2 is 1.65 bits per heavy atom. The number of hydrogen-bond donors (Lipinski definition) is 4. The highest BCUT2D eigenvalue weighted by atomic mass is 16.6. The van der Waals surface area contributed by atoms with Crippen LogP contribution in [0.1, 0.15) is 80.2 Å². The number of nitrogens with one attached hydrogen (secondary N) is 4. The lowest BCUT2D eigenvalue weighted by Gasteiger charge is -2.32. The molecule has 0 aromatic heterocycles. The number of hydrogen-bond acceptors (Lipinski definition) is 8. The Bertz CT molecular complexity index is 1200. The molecule has 1 unspecified atom stereocenters. The van der Waals surface area contributed by atoms with Gasteiger partial charge in [0.25, 0.3) is 0 Å². The Hall–Kier alpha value is -3.93. The molecule has 12 heteroatoms. The number of carbonyl (C=O) groups excluding carboxylic acids is 5.